The van der Waals surface area contributed by atoms with Crippen LogP contribution in [-0.4, -0.2) is 81.9 Å². The second-order valence-corrected chi connectivity index (χ2v) is 10.6. The van der Waals surface area contributed by atoms with Gasteiger partial charge in [-0.05, 0) is 17.7 Å². The Morgan fingerprint density at radius 3 is 2.21 bits per heavy atom. The Labute approximate surface area is 252 Å². The minimum atomic E-state index is -1.88. The van der Waals surface area contributed by atoms with E-state index in [0.29, 0.717) is 17.5 Å². The maximum atomic E-state index is 12.0. The van der Waals surface area contributed by atoms with Crippen molar-refractivity contribution in [2.24, 2.45) is 5.92 Å². The highest BCUT2D eigenvalue weighted by atomic mass is 16.7. The topological polar surface area (TPSA) is 201 Å². The minimum absolute atomic E-state index is 0.00937. The molecule has 1 aliphatic heterocycles. The van der Waals surface area contributed by atoms with Gasteiger partial charge in [-0.25, -0.2) is 4.79 Å². The number of amides is 2. The first-order valence-electron chi connectivity index (χ1n) is 14.8. The molecule has 13 heteroatoms. The van der Waals surface area contributed by atoms with Crippen molar-refractivity contribution in [3.63, 3.8) is 0 Å². The number of carboxylic acids is 1. The van der Waals surface area contributed by atoms with E-state index in [1.165, 1.54) is 44.6 Å². The Morgan fingerprint density at radius 1 is 1.00 bits per heavy atom. The molecule has 1 aromatic rings. The minimum Gasteiger partial charge on any atom is -0.479 e. The van der Waals surface area contributed by atoms with Crippen LogP contribution in [0.5, 0.6) is 5.75 Å². The van der Waals surface area contributed by atoms with Crippen molar-refractivity contribution >= 4 is 24.3 Å². The van der Waals surface area contributed by atoms with Gasteiger partial charge in [0.1, 0.15) is 30.7 Å². The Kier molecular flexibility index (Phi) is 18.1. The summed E-state index contributed by atoms with van der Waals surface area (Å²) in [6, 6.07) is 4.57. The number of ether oxygens (including phenoxy) is 3. The number of carbonyl (C=O) groups excluding carboxylic acids is 3. The molecule has 5 atom stereocenters. The summed E-state index contributed by atoms with van der Waals surface area (Å²) in [6.45, 7) is 7.88. The zero-order valence-electron chi connectivity index (χ0n) is 25.5. The van der Waals surface area contributed by atoms with E-state index in [9.17, 15) is 39.6 Å². The van der Waals surface area contributed by atoms with Gasteiger partial charge in [-0.3, -0.25) is 14.4 Å². The third-order valence-corrected chi connectivity index (χ3v) is 6.55. The Balaban J connectivity index is 0.00000101. The summed E-state index contributed by atoms with van der Waals surface area (Å²) in [5.74, 6) is -2.61. The van der Waals surface area contributed by atoms with E-state index in [1.807, 2.05) is 0 Å². The van der Waals surface area contributed by atoms with E-state index in [1.54, 1.807) is 26.0 Å². The number of aliphatic hydroxyl groups is 3. The number of aliphatic carboxylic acids is 1. The van der Waals surface area contributed by atoms with Gasteiger partial charge in [0, 0.05) is 25.1 Å². The highest BCUT2D eigenvalue weighted by molar-refractivity contribution is 5.76. The maximum absolute atomic E-state index is 12.0. The smallest absolute Gasteiger partial charge is 0.335 e. The van der Waals surface area contributed by atoms with E-state index in [-0.39, 0.29) is 43.7 Å². The largest absolute Gasteiger partial charge is 0.479 e. The van der Waals surface area contributed by atoms with E-state index >= 15 is 0 Å². The molecule has 1 fully saturated rings. The number of hydrogen-bond donors (Lipinski definition) is 6. The van der Waals surface area contributed by atoms with Crippen LogP contribution >= 0.6 is 0 Å². The predicted octanol–water partition coefficient (Wildman–Crippen LogP) is 1.78. The average molecular weight is 613 g/mol. The summed E-state index contributed by atoms with van der Waals surface area (Å²) in [7, 11) is 0. The molecule has 0 aromatic heterocycles. The van der Waals surface area contributed by atoms with Crippen LogP contribution < -0.4 is 15.4 Å². The highest BCUT2D eigenvalue weighted by Crippen LogP contribution is 2.28. The van der Waals surface area contributed by atoms with Crippen molar-refractivity contribution in [3.8, 4) is 5.75 Å². The maximum Gasteiger partial charge on any atom is 0.335 e. The molecule has 0 aliphatic carbocycles. The predicted molar refractivity (Wildman–Crippen MR) is 156 cm³/mol. The Bertz CT molecular complexity index is 998. The second kappa shape index (κ2) is 20.6. The molecule has 244 valence electrons. The molecule has 0 spiro atoms. The third kappa shape index (κ3) is 13.7. The lowest BCUT2D eigenvalue weighted by Gasteiger charge is -2.38. The standard InChI is InChI=1S/C22H30N2O11.C8H18/c1-11(2)21(32)33-9-12-3-4-14(13(7-12)8-24-15(26)5-6-23-10-25)34-22-18(29)16(27)17(28)19(35-22)20(30)31;1-3-5-7-8-6-4-2/h3-4,7,10-11,16-19,22,27-29H,5-6,8-9H2,1-2H3,(H,23,25)(H,24,26)(H,30,31);3-8H2,1-2H3. The van der Waals surface area contributed by atoms with Gasteiger partial charge in [0.05, 0.1) is 5.92 Å². The molecule has 1 aliphatic rings. The van der Waals surface area contributed by atoms with Crippen molar-refractivity contribution in [3.05, 3.63) is 29.3 Å². The highest BCUT2D eigenvalue weighted by Gasteiger charge is 2.48. The zero-order valence-corrected chi connectivity index (χ0v) is 25.5. The fraction of sp³-hybridized carbons (Fsp3) is 0.667. The van der Waals surface area contributed by atoms with Crippen molar-refractivity contribution in [2.75, 3.05) is 6.54 Å². The molecule has 0 bridgehead atoms. The summed E-state index contributed by atoms with van der Waals surface area (Å²) in [5.41, 5.74) is 0.922. The number of carboxylic acid groups (broad SMARTS) is 1. The van der Waals surface area contributed by atoms with Crippen molar-refractivity contribution < 1.29 is 53.8 Å². The number of hydrogen-bond acceptors (Lipinski definition) is 10. The van der Waals surface area contributed by atoms with E-state index in [4.69, 9.17) is 14.2 Å². The summed E-state index contributed by atoms with van der Waals surface area (Å²) in [4.78, 5) is 45.5. The van der Waals surface area contributed by atoms with Gasteiger partial charge in [0.25, 0.3) is 0 Å². The third-order valence-electron chi connectivity index (χ3n) is 6.55. The summed E-state index contributed by atoms with van der Waals surface area (Å²) >= 11 is 0. The summed E-state index contributed by atoms with van der Waals surface area (Å²) < 4.78 is 16.0. The number of esters is 1. The van der Waals surface area contributed by atoms with Crippen molar-refractivity contribution in [2.45, 2.75) is 116 Å². The fourth-order valence-electron chi connectivity index (χ4n) is 3.95. The number of nitrogens with one attached hydrogen (secondary N) is 2. The number of benzene rings is 1. The lowest BCUT2D eigenvalue weighted by Crippen LogP contribution is -2.61. The van der Waals surface area contributed by atoms with Crippen LogP contribution in [0.2, 0.25) is 0 Å². The Morgan fingerprint density at radius 2 is 1.65 bits per heavy atom. The molecule has 5 unspecified atom stereocenters. The molecule has 1 saturated heterocycles. The Hall–Kier alpha value is -3.26. The van der Waals surface area contributed by atoms with E-state index < -0.39 is 42.6 Å². The van der Waals surface area contributed by atoms with Crippen LogP contribution in [0.15, 0.2) is 18.2 Å². The average Bonchev–Trinajstić information content (AvgIpc) is 2.98. The SMILES string of the molecule is CC(C)C(=O)OCc1ccc(OC2OC(C(=O)O)C(O)C(O)C2O)c(CNC(=O)CCNC=O)c1.CCCCCCCC. The molecular weight excluding hydrogens is 564 g/mol. The van der Waals surface area contributed by atoms with Gasteiger partial charge in [-0.2, -0.15) is 0 Å². The van der Waals surface area contributed by atoms with Gasteiger partial charge >= 0.3 is 11.9 Å². The van der Waals surface area contributed by atoms with Gasteiger partial charge in [-0.1, -0.05) is 72.3 Å². The lowest BCUT2D eigenvalue weighted by molar-refractivity contribution is -0.271. The molecule has 6 N–H and O–H groups in total. The van der Waals surface area contributed by atoms with Crippen LogP contribution in [-0.2, 0) is 41.8 Å². The molecule has 1 aromatic carbocycles. The van der Waals surface area contributed by atoms with Crippen LogP contribution in [0, 0.1) is 5.92 Å². The van der Waals surface area contributed by atoms with Crippen LogP contribution in [0.4, 0.5) is 0 Å². The number of unbranched alkanes of at least 4 members (excludes halogenated alkanes) is 5. The van der Waals surface area contributed by atoms with Gasteiger partial charge < -0.3 is 45.3 Å². The summed E-state index contributed by atoms with van der Waals surface area (Å²) in [6.07, 6.45) is -0.0301. The zero-order chi connectivity index (χ0) is 32.4. The molecular formula is C30H48N2O11. The second-order valence-electron chi connectivity index (χ2n) is 10.6. The quantitative estimate of drug-likeness (QED) is 0.0851. The first kappa shape index (κ1) is 37.8. The van der Waals surface area contributed by atoms with Gasteiger partial charge in [0.15, 0.2) is 6.10 Å². The molecule has 1 heterocycles. The first-order chi connectivity index (χ1) is 20.5. The van der Waals surface area contributed by atoms with Crippen molar-refractivity contribution in [1.29, 1.82) is 0 Å². The van der Waals surface area contributed by atoms with Crippen LogP contribution in [0.25, 0.3) is 0 Å². The van der Waals surface area contributed by atoms with Gasteiger partial charge in [-0.15, -0.1) is 0 Å². The fourth-order valence-corrected chi connectivity index (χ4v) is 3.95. The molecule has 0 saturated carbocycles. The van der Waals surface area contributed by atoms with Crippen molar-refractivity contribution in [1.82, 2.24) is 10.6 Å². The molecule has 2 amide bonds. The molecule has 13 nitrogen and oxygen atoms in total. The molecule has 2 rings (SSSR count). The van der Waals surface area contributed by atoms with Gasteiger partial charge in [0.2, 0.25) is 18.6 Å². The van der Waals surface area contributed by atoms with Crippen LogP contribution in [0.3, 0.4) is 0 Å². The molecule has 0 radical (unpaired) electrons. The lowest BCUT2D eigenvalue weighted by atomic mass is 9.99. The summed E-state index contributed by atoms with van der Waals surface area (Å²) in [5, 5.41) is 44.3. The first-order valence-corrected chi connectivity index (χ1v) is 14.8. The normalized spacial score (nSPS) is 21.3. The molecule has 43 heavy (non-hydrogen) atoms. The monoisotopic (exact) mass is 612 g/mol. The number of carbonyl (C=O) groups is 4. The van der Waals surface area contributed by atoms with E-state index in [2.05, 4.69) is 24.5 Å². The number of aliphatic hydroxyl groups excluding tert-OH is 3. The van der Waals surface area contributed by atoms with Crippen LogP contribution in [0.1, 0.15) is 83.8 Å². The number of rotatable bonds is 17. The van der Waals surface area contributed by atoms with E-state index in [0.717, 1.165) is 0 Å².